The summed E-state index contributed by atoms with van der Waals surface area (Å²) in [6.45, 7) is 4.64. The summed E-state index contributed by atoms with van der Waals surface area (Å²) >= 11 is 0.986. The number of hydrogen-bond acceptors (Lipinski definition) is 9. The summed E-state index contributed by atoms with van der Waals surface area (Å²) in [6.07, 6.45) is 2.03. The normalized spacial score (nSPS) is 25.0. The molecule has 0 spiro atoms. The molecule has 39 heavy (non-hydrogen) atoms. The number of benzene rings is 1. The number of carbonyl (C=O) groups excluding carboxylic acids is 4. The monoisotopic (exact) mass is 549 g/mol. The van der Waals surface area contributed by atoms with Crippen LogP contribution in [0.15, 0.2) is 35.3 Å². The Hall–Kier alpha value is -3.28. The number of carbonyl (C=O) groups is 4. The van der Waals surface area contributed by atoms with Crippen molar-refractivity contribution in [3.63, 3.8) is 0 Å². The number of rotatable bonds is 5. The van der Waals surface area contributed by atoms with Crippen molar-refractivity contribution in [2.45, 2.75) is 44.4 Å². The SMILES string of the molecule is O=C1C(=NC2CCN(Cc3ccccc3)C2)CC(=O)c2sc(C(=O)N3CCN(C(=O)C4CCCO4)CC3)nc21. The topological polar surface area (TPSA) is 112 Å². The highest BCUT2D eigenvalue weighted by atomic mass is 32.1. The van der Waals surface area contributed by atoms with E-state index in [0.717, 1.165) is 50.2 Å². The summed E-state index contributed by atoms with van der Waals surface area (Å²) in [6, 6.07) is 10.2. The number of ether oxygens (including phenoxy) is 1. The number of likely N-dealkylation sites (tertiary alicyclic amines) is 1. The minimum atomic E-state index is -0.373. The molecular weight excluding hydrogens is 518 g/mol. The average Bonchev–Trinajstić information content (AvgIpc) is 3.73. The second kappa shape index (κ2) is 11.1. The standard InChI is InChI=1S/C28H31N5O5S/c34-21-15-20(29-19-8-9-31(17-19)16-18-5-2-1-3-6-18)24(35)23-25(21)39-26(30-23)28(37)33-12-10-32(11-13-33)27(36)22-7-4-14-38-22/h1-3,5-6,19,22H,4,7-17H2. The maximum absolute atomic E-state index is 13.2. The van der Waals surface area contributed by atoms with Gasteiger partial charge in [-0.25, -0.2) is 4.98 Å². The van der Waals surface area contributed by atoms with E-state index >= 15 is 0 Å². The van der Waals surface area contributed by atoms with Crippen molar-refractivity contribution in [2.24, 2.45) is 4.99 Å². The van der Waals surface area contributed by atoms with Crippen LogP contribution in [0.4, 0.5) is 0 Å². The van der Waals surface area contributed by atoms with Crippen LogP contribution in [0.25, 0.3) is 0 Å². The lowest BCUT2D eigenvalue weighted by atomic mass is 9.97. The van der Waals surface area contributed by atoms with Crippen molar-refractivity contribution < 1.29 is 23.9 Å². The molecule has 204 valence electrons. The van der Waals surface area contributed by atoms with Gasteiger partial charge in [0.25, 0.3) is 11.8 Å². The number of ketones is 2. The van der Waals surface area contributed by atoms with E-state index in [1.807, 2.05) is 18.2 Å². The van der Waals surface area contributed by atoms with E-state index in [4.69, 9.17) is 4.74 Å². The molecule has 4 aliphatic rings. The third-order valence-electron chi connectivity index (χ3n) is 7.79. The van der Waals surface area contributed by atoms with Gasteiger partial charge in [0.2, 0.25) is 5.78 Å². The third-order valence-corrected chi connectivity index (χ3v) is 8.87. The number of hydrogen-bond donors (Lipinski definition) is 0. The van der Waals surface area contributed by atoms with Crippen molar-refractivity contribution in [3.05, 3.63) is 51.5 Å². The van der Waals surface area contributed by atoms with Crippen LogP contribution in [-0.2, 0) is 16.1 Å². The molecule has 0 radical (unpaired) electrons. The van der Waals surface area contributed by atoms with Crippen LogP contribution in [0.3, 0.4) is 0 Å². The second-order valence-corrected chi connectivity index (χ2v) is 11.5. The smallest absolute Gasteiger partial charge is 0.282 e. The predicted octanol–water partition coefficient (Wildman–Crippen LogP) is 2.09. The fourth-order valence-corrected chi connectivity index (χ4v) is 6.64. The molecule has 1 aromatic heterocycles. The zero-order valence-corrected chi connectivity index (χ0v) is 22.5. The molecule has 2 amide bonds. The molecule has 3 aliphatic heterocycles. The van der Waals surface area contributed by atoms with Crippen molar-refractivity contribution in [1.29, 1.82) is 0 Å². The molecule has 6 rings (SSSR count). The van der Waals surface area contributed by atoms with Crippen LogP contribution < -0.4 is 0 Å². The van der Waals surface area contributed by atoms with Gasteiger partial charge < -0.3 is 14.5 Å². The fraction of sp³-hybridized carbons (Fsp3) is 0.500. The summed E-state index contributed by atoms with van der Waals surface area (Å²) in [5, 5.41) is 0.136. The quantitative estimate of drug-likeness (QED) is 0.561. The van der Waals surface area contributed by atoms with Gasteiger partial charge in [-0.3, -0.25) is 29.1 Å². The maximum Gasteiger partial charge on any atom is 0.282 e. The second-order valence-electron chi connectivity index (χ2n) is 10.5. The van der Waals surface area contributed by atoms with E-state index in [1.165, 1.54) is 5.56 Å². The first-order valence-corrected chi connectivity index (χ1v) is 14.4. The number of nitrogens with zero attached hydrogens (tertiary/aromatic N) is 5. The zero-order chi connectivity index (χ0) is 26.9. The van der Waals surface area contributed by atoms with Crippen molar-refractivity contribution in [2.75, 3.05) is 45.9 Å². The lowest BCUT2D eigenvalue weighted by molar-refractivity contribution is -0.142. The summed E-state index contributed by atoms with van der Waals surface area (Å²) in [5.74, 6) is -0.901. The number of aromatic nitrogens is 1. The molecule has 0 N–H and O–H groups in total. The van der Waals surface area contributed by atoms with Gasteiger partial charge in [-0.15, -0.1) is 11.3 Å². The molecule has 0 bridgehead atoms. The molecule has 2 atom stereocenters. The number of thiazole rings is 1. The van der Waals surface area contributed by atoms with Crippen LogP contribution in [0.1, 0.15) is 61.2 Å². The molecule has 0 saturated carbocycles. The molecule has 3 fully saturated rings. The average molecular weight is 550 g/mol. The Morgan fingerprint density at radius 3 is 2.54 bits per heavy atom. The van der Waals surface area contributed by atoms with E-state index in [0.29, 0.717) is 32.8 Å². The summed E-state index contributed by atoms with van der Waals surface area (Å²) < 4.78 is 5.50. The van der Waals surface area contributed by atoms with Gasteiger partial charge in [0.15, 0.2) is 10.8 Å². The van der Waals surface area contributed by atoms with Crippen LogP contribution in [0, 0.1) is 0 Å². The van der Waals surface area contributed by atoms with E-state index < -0.39 is 0 Å². The van der Waals surface area contributed by atoms with Gasteiger partial charge in [-0.1, -0.05) is 30.3 Å². The molecule has 1 aliphatic carbocycles. The summed E-state index contributed by atoms with van der Waals surface area (Å²) in [4.78, 5) is 66.9. The lowest BCUT2D eigenvalue weighted by Crippen LogP contribution is -2.52. The third kappa shape index (κ3) is 5.43. The van der Waals surface area contributed by atoms with E-state index in [-0.39, 0.29) is 63.2 Å². The zero-order valence-electron chi connectivity index (χ0n) is 21.7. The molecule has 1 aromatic carbocycles. The van der Waals surface area contributed by atoms with Gasteiger partial charge in [0, 0.05) is 52.4 Å². The van der Waals surface area contributed by atoms with Crippen molar-refractivity contribution >= 4 is 40.4 Å². The first-order valence-electron chi connectivity index (χ1n) is 13.6. The summed E-state index contributed by atoms with van der Waals surface area (Å²) in [5.41, 5.74) is 1.52. The van der Waals surface area contributed by atoms with Crippen molar-refractivity contribution in [1.82, 2.24) is 19.7 Å². The van der Waals surface area contributed by atoms with Crippen LogP contribution in [0.5, 0.6) is 0 Å². The van der Waals surface area contributed by atoms with Crippen LogP contribution in [-0.4, -0.2) is 107 Å². The van der Waals surface area contributed by atoms with Crippen LogP contribution in [0.2, 0.25) is 0 Å². The highest BCUT2D eigenvalue weighted by molar-refractivity contribution is 7.16. The first-order chi connectivity index (χ1) is 19.0. The Morgan fingerprint density at radius 2 is 1.79 bits per heavy atom. The Morgan fingerprint density at radius 1 is 1.03 bits per heavy atom. The minimum Gasteiger partial charge on any atom is -0.368 e. The number of fused-ring (bicyclic) bond motifs is 1. The number of aliphatic imine (C=N–C) groups is 1. The minimum absolute atomic E-state index is 0.0160. The molecule has 10 nitrogen and oxygen atoms in total. The number of Topliss-reactive ketones (excluding diaryl/α,β-unsaturated/α-hetero) is 2. The largest absolute Gasteiger partial charge is 0.368 e. The lowest BCUT2D eigenvalue weighted by Gasteiger charge is -2.35. The van der Waals surface area contributed by atoms with Gasteiger partial charge in [0.05, 0.1) is 18.2 Å². The number of piperazine rings is 1. The fourth-order valence-electron chi connectivity index (χ4n) is 5.67. The molecule has 4 heterocycles. The predicted molar refractivity (Wildman–Crippen MR) is 144 cm³/mol. The van der Waals surface area contributed by atoms with E-state index in [9.17, 15) is 19.2 Å². The first kappa shape index (κ1) is 26.0. The Labute approximate surface area is 230 Å². The Kier molecular flexibility index (Phi) is 7.37. The summed E-state index contributed by atoms with van der Waals surface area (Å²) in [7, 11) is 0. The molecule has 3 saturated heterocycles. The molecule has 2 unspecified atom stereocenters. The highest BCUT2D eigenvalue weighted by Gasteiger charge is 2.37. The van der Waals surface area contributed by atoms with E-state index in [2.05, 4.69) is 27.0 Å². The van der Waals surface area contributed by atoms with E-state index in [1.54, 1.807) is 9.80 Å². The van der Waals surface area contributed by atoms with Crippen LogP contribution >= 0.6 is 11.3 Å². The molecule has 11 heteroatoms. The Balaban J connectivity index is 1.09. The molecular formula is C28H31N5O5S. The highest BCUT2D eigenvalue weighted by Crippen LogP contribution is 2.28. The van der Waals surface area contributed by atoms with Crippen molar-refractivity contribution in [3.8, 4) is 0 Å². The maximum atomic E-state index is 13.2. The van der Waals surface area contributed by atoms with Gasteiger partial charge in [-0.05, 0) is 24.8 Å². The molecule has 2 aromatic rings. The van der Waals surface area contributed by atoms with Gasteiger partial charge >= 0.3 is 0 Å². The van der Waals surface area contributed by atoms with Gasteiger partial charge in [0.1, 0.15) is 16.7 Å². The van der Waals surface area contributed by atoms with Gasteiger partial charge in [-0.2, -0.15) is 0 Å². The Bertz CT molecular complexity index is 1310. The number of amides is 2.